The van der Waals surface area contributed by atoms with Gasteiger partial charge in [0.1, 0.15) is 6.61 Å². The van der Waals surface area contributed by atoms with Crippen LogP contribution in [0.15, 0.2) is 78.9 Å². The topological polar surface area (TPSA) is 87.7 Å². The Kier molecular flexibility index (Phi) is 8.02. The minimum atomic E-state index is -0.339. The third-order valence-electron chi connectivity index (χ3n) is 7.28. The van der Waals surface area contributed by atoms with Crippen molar-refractivity contribution in [2.75, 3.05) is 11.9 Å². The lowest BCUT2D eigenvalue weighted by molar-refractivity contribution is 0.0927. The summed E-state index contributed by atoms with van der Waals surface area (Å²) in [5, 5.41) is 6.01. The van der Waals surface area contributed by atoms with Gasteiger partial charge in [-0.25, -0.2) is 4.79 Å². The van der Waals surface area contributed by atoms with E-state index in [4.69, 9.17) is 4.74 Å². The molecule has 0 bridgehead atoms. The molecule has 7 heteroatoms. The summed E-state index contributed by atoms with van der Waals surface area (Å²) in [6.45, 7) is 0.713. The average molecular weight is 512 g/mol. The summed E-state index contributed by atoms with van der Waals surface area (Å²) >= 11 is 0. The largest absolute Gasteiger partial charge is 0.447 e. The first-order valence-electron chi connectivity index (χ1n) is 13.3. The monoisotopic (exact) mass is 511 g/mol. The van der Waals surface area contributed by atoms with Crippen LogP contribution in [0.5, 0.6) is 0 Å². The molecule has 38 heavy (non-hydrogen) atoms. The van der Waals surface area contributed by atoms with Gasteiger partial charge in [0, 0.05) is 29.4 Å². The van der Waals surface area contributed by atoms with Crippen molar-refractivity contribution in [3.63, 3.8) is 0 Å². The zero-order valence-corrected chi connectivity index (χ0v) is 21.4. The van der Waals surface area contributed by atoms with Crippen LogP contribution < -0.4 is 10.6 Å². The molecule has 1 heterocycles. The van der Waals surface area contributed by atoms with Gasteiger partial charge in [-0.3, -0.25) is 14.5 Å². The molecule has 2 N–H and O–H groups in total. The maximum Gasteiger partial charge on any atom is 0.410 e. The third kappa shape index (κ3) is 6.40. The SMILES string of the molecule is O=C(Nc1ccc(C(=O)NC2CCCCC2)cc1)c1cccc(CN2C(=O)OC[C@H]2Cc2ccccc2)c1. The van der Waals surface area contributed by atoms with E-state index in [0.29, 0.717) is 36.4 Å². The molecule has 3 aromatic rings. The van der Waals surface area contributed by atoms with Gasteiger partial charge in [0.05, 0.1) is 6.04 Å². The molecule has 1 saturated heterocycles. The summed E-state index contributed by atoms with van der Waals surface area (Å²) < 4.78 is 5.33. The predicted molar refractivity (Wildman–Crippen MR) is 146 cm³/mol. The number of carbonyl (C=O) groups is 3. The molecule has 196 valence electrons. The third-order valence-corrected chi connectivity index (χ3v) is 7.28. The van der Waals surface area contributed by atoms with Crippen LogP contribution in [0.2, 0.25) is 0 Å². The second kappa shape index (κ2) is 11.9. The number of nitrogens with one attached hydrogen (secondary N) is 2. The van der Waals surface area contributed by atoms with Crippen molar-refractivity contribution < 1.29 is 19.1 Å². The minimum absolute atomic E-state index is 0.0591. The Balaban J connectivity index is 1.19. The quantitative estimate of drug-likeness (QED) is 0.414. The molecular formula is C31H33N3O4. The van der Waals surface area contributed by atoms with Gasteiger partial charge >= 0.3 is 6.09 Å². The maximum absolute atomic E-state index is 13.0. The number of amides is 3. The van der Waals surface area contributed by atoms with E-state index in [-0.39, 0.29) is 30.0 Å². The Morgan fingerprint density at radius 2 is 1.55 bits per heavy atom. The molecule has 0 radical (unpaired) electrons. The zero-order valence-electron chi connectivity index (χ0n) is 21.4. The van der Waals surface area contributed by atoms with Crippen molar-refractivity contribution in [1.29, 1.82) is 0 Å². The summed E-state index contributed by atoms with van der Waals surface area (Å²) in [6.07, 6.45) is 6.00. The Morgan fingerprint density at radius 1 is 0.816 bits per heavy atom. The molecule has 1 atom stereocenters. The highest BCUT2D eigenvalue weighted by molar-refractivity contribution is 6.04. The van der Waals surface area contributed by atoms with Gasteiger partial charge in [0.25, 0.3) is 11.8 Å². The van der Waals surface area contributed by atoms with E-state index in [0.717, 1.165) is 36.8 Å². The Bertz CT molecular complexity index is 1270. The van der Waals surface area contributed by atoms with Crippen LogP contribution in [0.4, 0.5) is 10.5 Å². The second-order valence-electron chi connectivity index (χ2n) is 10.1. The molecule has 5 rings (SSSR count). The Hall–Kier alpha value is -4.13. The number of nitrogens with zero attached hydrogens (tertiary/aromatic N) is 1. The molecule has 1 aliphatic heterocycles. The van der Waals surface area contributed by atoms with Gasteiger partial charge < -0.3 is 15.4 Å². The Labute approximate surface area is 223 Å². The number of cyclic esters (lactones) is 1. The van der Waals surface area contributed by atoms with Crippen molar-refractivity contribution in [2.45, 2.75) is 57.2 Å². The zero-order chi connectivity index (χ0) is 26.3. The number of carbonyl (C=O) groups excluding carboxylic acids is 3. The van der Waals surface area contributed by atoms with Crippen LogP contribution in [0.1, 0.15) is 63.9 Å². The van der Waals surface area contributed by atoms with Crippen molar-refractivity contribution in [3.05, 3.63) is 101 Å². The summed E-state index contributed by atoms with van der Waals surface area (Å²) in [5.74, 6) is -0.329. The number of hydrogen-bond acceptors (Lipinski definition) is 4. The first kappa shape index (κ1) is 25.5. The summed E-state index contributed by atoms with van der Waals surface area (Å²) in [7, 11) is 0. The van der Waals surface area contributed by atoms with E-state index in [1.54, 1.807) is 41.3 Å². The lowest BCUT2D eigenvalue weighted by Gasteiger charge is -2.22. The van der Waals surface area contributed by atoms with Crippen molar-refractivity contribution in [3.8, 4) is 0 Å². The van der Waals surface area contributed by atoms with E-state index in [1.807, 2.05) is 42.5 Å². The highest BCUT2D eigenvalue weighted by Crippen LogP contribution is 2.22. The molecule has 7 nitrogen and oxygen atoms in total. The molecule has 3 amide bonds. The van der Waals surface area contributed by atoms with Crippen molar-refractivity contribution >= 4 is 23.6 Å². The summed E-state index contributed by atoms with van der Waals surface area (Å²) in [5.41, 5.74) is 3.68. The van der Waals surface area contributed by atoms with E-state index < -0.39 is 0 Å². The van der Waals surface area contributed by atoms with E-state index in [2.05, 4.69) is 10.6 Å². The second-order valence-corrected chi connectivity index (χ2v) is 10.1. The smallest absolute Gasteiger partial charge is 0.410 e. The van der Waals surface area contributed by atoms with Crippen molar-refractivity contribution in [1.82, 2.24) is 10.2 Å². The first-order valence-corrected chi connectivity index (χ1v) is 13.3. The molecular weight excluding hydrogens is 478 g/mol. The normalized spacial score (nSPS) is 17.6. The van der Waals surface area contributed by atoms with Gasteiger partial charge in [0.15, 0.2) is 0 Å². The predicted octanol–water partition coefficient (Wildman–Crippen LogP) is 5.56. The lowest BCUT2D eigenvalue weighted by Crippen LogP contribution is -2.36. The molecule has 3 aromatic carbocycles. The van der Waals surface area contributed by atoms with Gasteiger partial charge in [-0.1, -0.05) is 61.7 Å². The fraction of sp³-hybridized carbons (Fsp3) is 0.323. The van der Waals surface area contributed by atoms with Gasteiger partial charge in [0.2, 0.25) is 0 Å². The fourth-order valence-electron chi connectivity index (χ4n) is 5.17. The molecule has 2 aliphatic rings. The van der Waals surface area contributed by atoms with E-state index in [9.17, 15) is 14.4 Å². The molecule has 1 saturated carbocycles. The first-order chi connectivity index (χ1) is 18.5. The van der Waals surface area contributed by atoms with Crippen LogP contribution in [-0.4, -0.2) is 41.5 Å². The fourth-order valence-corrected chi connectivity index (χ4v) is 5.17. The van der Waals surface area contributed by atoms with Crippen LogP contribution in [0.3, 0.4) is 0 Å². The Morgan fingerprint density at radius 3 is 2.32 bits per heavy atom. The number of hydrogen-bond donors (Lipinski definition) is 2. The number of ether oxygens (including phenoxy) is 1. The van der Waals surface area contributed by atoms with Crippen molar-refractivity contribution in [2.24, 2.45) is 0 Å². The molecule has 0 spiro atoms. The standard InChI is InChI=1S/C31H33N3O4/c35-29(32-26-12-5-2-6-13-26)24-14-16-27(17-15-24)33-30(36)25-11-7-10-23(18-25)20-34-28(21-38-31(34)37)19-22-8-3-1-4-9-22/h1,3-4,7-11,14-18,26,28H,2,5-6,12-13,19-21H2,(H,32,35)(H,33,36)/t28-/m1/s1. The van der Waals surface area contributed by atoms with Gasteiger partial charge in [-0.05, 0) is 66.8 Å². The molecule has 1 aliphatic carbocycles. The molecule has 0 aromatic heterocycles. The van der Waals surface area contributed by atoms with Crippen LogP contribution >= 0.6 is 0 Å². The van der Waals surface area contributed by atoms with Crippen LogP contribution in [-0.2, 0) is 17.7 Å². The van der Waals surface area contributed by atoms with E-state index >= 15 is 0 Å². The van der Waals surface area contributed by atoms with Crippen LogP contribution in [0, 0.1) is 0 Å². The highest BCUT2D eigenvalue weighted by atomic mass is 16.6. The summed E-state index contributed by atoms with van der Waals surface area (Å²) in [6, 6.07) is 24.4. The molecule has 0 unspecified atom stereocenters. The lowest BCUT2D eigenvalue weighted by atomic mass is 9.95. The number of benzene rings is 3. The van der Waals surface area contributed by atoms with Gasteiger partial charge in [-0.15, -0.1) is 0 Å². The number of anilines is 1. The average Bonchev–Trinajstić information content (AvgIpc) is 3.28. The van der Waals surface area contributed by atoms with Crippen LogP contribution in [0.25, 0.3) is 0 Å². The molecule has 2 fully saturated rings. The van der Waals surface area contributed by atoms with E-state index in [1.165, 1.54) is 6.42 Å². The van der Waals surface area contributed by atoms with Gasteiger partial charge in [-0.2, -0.15) is 0 Å². The number of rotatable bonds is 8. The maximum atomic E-state index is 13.0. The summed E-state index contributed by atoms with van der Waals surface area (Å²) in [4.78, 5) is 39.7. The minimum Gasteiger partial charge on any atom is -0.447 e. The highest BCUT2D eigenvalue weighted by Gasteiger charge is 2.33.